The fourth-order valence-electron chi connectivity index (χ4n) is 3.90. The van der Waals surface area contributed by atoms with Crippen LogP contribution in [0, 0.1) is 11.8 Å². The Morgan fingerprint density at radius 1 is 1.23 bits per heavy atom. The zero-order chi connectivity index (χ0) is 21.4. The monoisotopic (exact) mass is 409 g/mol. The van der Waals surface area contributed by atoms with Gasteiger partial charge in [-0.3, -0.25) is 9.36 Å². The number of halogens is 2. The molecule has 1 aliphatic heterocycles. The summed E-state index contributed by atoms with van der Waals surface area (Å²) in [5.74, 6) is 6.41. The average molecular weight is 409 g/mol. The highest BCUT2D eigenvalue weighted by Crippen LogP contribution is 2.40. The maximum Gasteiger partial charge on any atom is 0.387 e. The summed E-state index contributed by atoms with van der Waals surface area (Å²) < 4.78 is 32.9. The summed E-state index contributed by atoms with van der Waals surface area (Å²) >= 11 is 0. The van der Waals surface area contributed by atoms with E-state index in [9.17, 15) is 13.6 Å². The van der Waals surface area contributed by atoms with Crippen molar-refractivity contribution in [1.29, 1.82) is 0 Å². The first-order valence-corrected chi connectivity index (χ1v) is 9.82. The van der Waals surface area contributed by atoms with E-state index in [1.165, 1.54) is 6.07 Å². The average Bonchev–Trinajstić information content (AvgIpc) is 3.05. The Hall–Kier alpha value is -3.40. The highest BCUT2D eigenvalue weighted by Gasteiger charge is 2.35. The number of hydrogen-bond acceptors (Lipinski definition) is 3. The Balaban J connectivity index is 2.10. The minimum Gasteiger partial charge on any atom is -0.433 e. The molecule has 0 N–H and O–H groups in total. The van der Waals surface area contributed by atoms with Crippen LogP contribution in [0.5, 0.6) is 5.75 Å². The van der Waals surface area contributed by atoms with Crippen LogP contribution in [0.4, 0.5) is 8.78 Å². The number of hydrogen-bond donors (Lipinski definition) is 0. The van der Waals surface area contributed by atoms with Gasteiger partial charge in [0.15, 0.2) is 5.75 Å². The molecule has 0 fully saturated rings. The molecule has 7 heteroatoms. The van der Waals surface area contributed by atoms with Gasteiger partial charge < -0.3 is 9.64 Å². The van der Waals surface area contributed by atoms with E-state index in [4.69, 9.17) is 9.72 Å². The van der Waals surface area contributed by atoms with Gasteiger partial charge in [0.25, 0.3) is 5.91 Å². The number of rotatable bonds is 3. The predicted octanol–water partition coefficient (Wildman–Crippen LogP) is 4.93. The summed E-state index contributed by atoms with van der Waals surface area (Å²) in [5.41, 5.74) is 2.76. The largest absolute Gasteiger partial charge is 0.433 e. The van der Waals surface area contributed by atoms with E-state index < -0.39 is 6.61 Å². The summed E-state index contributed by atoms with van der Waals surface area (Å²) in [6, 6.07) is 9.92. The Labute approximate surface area is 173 Å². The third-order valence-corrected chi connectivity index (χ3v) is 5.23. The van der Waals surface area contributed by atoms with Crippen LogP contribution in [-0.2, 0) is 0 Å². The molecule has 0 aliphatic carbocycles. The van der Waals surface area contributed by atoms with E-state index in [2.05, 4.69) is 11.8 Å². The zero-order valence-corrected chi connectivity index (χ0v) is 16.9. The lowest BCUT2D eigenvalue weighted by Crippen LogP contribution is -2.30. The number of aromatic nitrogens is 2. The highest BCUT2D eigenvalue weighted by molar-refractivity contribution is 6.00. The summed E-state index contributed by atoms with van der Waals surface area (Å²) in [7, 11) is 1.70. The van der Waals surface area contributed by atoms with Gasteiger partial charge in [0.1, 0.15) is 11.5 Å². The number of carbonyl (C=O) groups excluding carboxylic acids is 1. The molecule has 1 amide bonds. The van der Waals surface area contributed by atoms with Crippen molar-refractivity contribution in [2.75, 3.05) is 7.05 Å². The molecule has 0 bridgehead atoms. The SMILES string of the molecule is CCC#Cc1ccc2nc3n(c2c1)-c1c(OC(F)F)cccc1C(=O)N(C)C3CC. The van der Waals surface area contributed by atoms with Crippen LogP contribution in [0.2, 0.25) is 0 Å². The van der Waals surface area contributed by atoms with Crippen LogP contribution >= 0.6 is 0 Å². The Morgan fingerprint density at radius 3 is 2.73 bits per heavy atom. The van der Waals surface area contributed by atoms with E-state index in [1.54, 1.807) is 28.6 Å². The normalized spacial score (nSPS) is 15.5. The second-order valence-electron chi connectivity index (χ2n) is 7.04. The third kappa shape index (κ3) is 3.18. The molecule has 2 aromatic carbocycles. The molecule has 1 atom stereocenters. The number of alkyl halides is 2. The lowest BCUT2D eigenvalue weighted by Gasteiger charge is -2.24. The van der Waals surface area contributed by atoms with Crippen LogP contribution < -0.4 is 4.74 Å². The number of benzene rings is 2. The van der Waals surface area contributed by atoms with Crippen LogP contribution in [0.3, 0.4) is 0 Å². The van der Waals surface area contributed by atoms with Crippen molar-refractivity contribution in [3.63, 3.8) is 0 Å². The molecule has 1 aromatic heterocycles. The molecule has 4 rings (SSSR count). The van der Waals surface area contributed by atoms with Crippen molar-refractivity contribution in [1.82, 2.24) is 14.5 Å². The molecule has 0 radical (unpaired) electrons. The number of amides is 1. The van der Waals surface area contributed by atoms with Crippen molar-refractivity contribution in [2.45, 2.75) is 39.3 Å². The summed E-state index contributed by atoms with van der Waals surface area (Å²) in [6.45, 7) is 0.912. The maximum atomic E-state index is 13.2. The van der Waals surface area contributed by atoms with Crippen LogP contribution in [0.1, 0.15) is 54.5 Å². The summed E-state index contributed by atoms with van der Waals surface area (Å²) in [5, 5.41) is 0. The first-order valence-electron chi connectivity index (χ1n) is 9.82. The van der Waals surface area contributed by atoms with E-state index >= 15 is 0 Å². The van der Waals surface area contributed by atoms with Crippen LogP contribution in [-0.4, -0.2) is 34.0 Å². The number of fused-ring (bicyclic) bond motifs is 5. The lowest BCUT2D eigenvalue weighted by atomic mass is 10.1. The molecule has 5 nitrogen and oxygen atoms in total. The number of para-hydroxylation sites is 1. The van der Waals surface area contributed by atoms with E-state index in [0.29, 0.717) is 23.3 Å². The van der Waals surface area contributed by atoms with Gasteiger partial charge in [-0.25, -0.2) is 4.98 Å². The van der Waals surface area contributed by atoms with Gasteiger partial charge in [-0.05, 0) is 36.8 Å². The minimum atomic E-state index is -3.02. The Bertz CT molecular complexity index is 1190. The van der Waals surface area contributed by atoms with Gasteiger partial charge in [0.2, 0.25) is 0 Å². The van der Waals surface area contributed by atoms with Crippen molar-refractivity contribution in [3.05, 3.63) is 53.3 Å². The van der Waals surface area contributed by atoms with Crippen LogP contribution in [0.15, 0.2) is 36.4 Å². The number of nitrogens with zero attached hydrogens (tertiary/aromatic N) is 3. The zero-order valence-electron chi connectivity index (χ0n) is 16.9. The molecule has 0 saturated carbocycles. The lowest BCUT2D eigenvalue weighted by molar-refractivity contribution is -0.0498. The van der Waals surface area contributed by atoms with Gasteiger partial charge in [-0.1, -0.05) is 31.8 Å². The van der Waals surface area contributed by atoms with Gasteiger partial charge >= 0.3 is 6.61 Å². The summed E-state index contributed by atoms with van der Waals surface area (Å²) in [6.07, 6.45) is 1.34. The molecular formula is C23H21F2N3O2. The minimum absolute atomic E-state index is 0.0633. The predicted molar refractivity (Wildman–Crippen MR) is 110 cm³/mol. The fourth-order valence-corrected chi connectivity index (χ4v) is 3.90. The molecule has 3 aromatic rings. The summed E-state index contributed by atoms with van der Waals surface area (Å²) in [4.78, 5) is 19.5. The molecule has 0 saturated heterocycles. The van der Waals surface area contributed by atoms with Crippen LogP contribution in [0.25, 0.3) is 16.7 Å². The number of carbonyl (C=O) groups is 1. The standard InChI is InChI=1S/C23H21F2N3O2/c1-4-6-8-14-11-12-16-18(13-14)28-20-15(9-7-10-19(20)30-23(24)25)22(29)27(3)17(5-2)21(28)26-16/h7,9-13,17,23H,4-5H2,1-3H3. The first kappa shape index (κ1) is 19.9. The molecular weight excluding hydrogens is 388 g/mol. The van der Waals surface area contributed by atoms with Crippen molar-refractivity contribution in [2.24, 2.45) is 0 Å². The van der Waals surface area contributed by atoms with Gasteiger partial charge in [-0.15, -0.1) is 0 Å². The maximum absolute atomic E-state index is 13.2. The number of ether oxygens (including phenoxy) is 1. The third-order valence-electron chi connectivity index (χ3n) is 5.23. The van der Waals surface area contributed by atoms with Crippen molar-refractivity contribution < 1.29 is 18.3 Å². The van der Waals surface area contributed by atoms with E-state index in [-0.39, 0.29) is 28.9 Å². The van der Waals surface area contributed by atoms with Gasteiger partial charge in [0.05, 0.1) is 22.6 Å². The number of imidazole rings is 1. The van der Waals surface area contributed by atoms with E-state index in [0.717, 1.165) is 12.0 Å². The molecule has 30 heavy (non-hydrogen) atoms. The molecule has 1 unspecified atom stereocenters. The fraction of sp³-hybridized carbons (Fsp3) is 0.304. The van der Waals surface area contributed by atoms with Gasteiger partial charge in [0, 0.05) is 19.0 Å². The Morgan fingerprint density at radius 2 is 2.03 bits per heavy atom. The van der Waals surface area contributed by atoms with Crippen molar-refractivity contribution in [3.8, 4) is 23.3 Å². The van der Waals surface area contributed by atoms with E-state index in [1.807, 2.05) is 32.0 Å². The molecule has 2 heterocycles. The second kappa shape index (κ2) is 7.79. The molecule has 0 spiro atoms. The first-order chi connectivity index (χ1) is 14.5. The smallest absolute Gasteiger partial charge is 0.387 e. The molecule has 154 valence electrons. The van der Waals surface area contributed by atoms with Crippen molar-refractivity contribution >= 4 is 16.9 Å². The second-order valence-corrected chi connectivity index (χ2v) is 7.04. The highest BCUT2D eigenvalue weighted by atomic mass is 19.3. The molecule has 1 aliphatic rings. The Kier molecular flexibility index (Phi) is 5.17. The quantitative estimate of drug-likeness (QED) is 0.577. The topological polar surface area (TPSA) is 47.4 Å². The van der Waals surface area contributed by atoms with Gasteiger partial charge in [-0.2, -0.15) is 8.78 Å².